The van der Waals surface area contributed by atoms with Crippen molar-refractivity contribution in [3.8, 4) is 11.4 Å². The number of aryl methyl sites for hydroxylation is 1. The van der Waals surface area contributed by atoms with Gasteiger partial charge >= 0.3 is 0 Å². The lowest BCUT2D eigenvalue weighted by molar-refractivity contribution is -0.122. The summed E-state index contributed by atoms with van der Waals surface area (Å²) in [5, 5.41) is 12.6. The highest BCUT2D eigenvalue weighted by Gasteiger charge is 2.30. The molecular formula is C24H32N4O2S. The SMILES string of the molecule is CCC(C)(C)NC(=O)C(Sc1nnc(-c2ccccc2C)n1Cc1ccco1)C(C)C. The van der Waals surface area contributed by atoms with E-state index >= 15 is 0 Å². The maximum atomic E-state index is 13.1. The molecule has 2 aromatic heterocycles. The van der Waals surface area contributed by atoms with Gasteiger partial charge in [-0.1, -0.05) is 56.8 Å². The van der Waals surface area contributed by atoms with Crippen molar-refractivity contribution < 1.29 is 9.21 Å². The average molecular weight is 441 g/mol. The largest absolute Gasteiger partial charge is 0.467 e. The minimum Gasteiger partial charge on any atom is -0.467 e. The fraction of sp³-hybridized carbons (Fsp3) is 0.458. The maximum absolute atomic E-state index is 13.1. The van der Waals surface area contributed by atoms with Crippen molar-refractivity contribution in [3.05, 3.63) is 54.0 Å². The van der Waals surface area contributed by atoms with E-state index in [9.17, 15) is 4.79 Å². The fourth-order valence-corrected chi connectivity index (χ4v) is 4.23. The number of nitrogens with zero attached hydrogens (tertiary/aromatic N) is 3. The van der Waals surface area contributed by atoms with Crippen molar-refractivity contribution in [1.29, 1.82) is 0 Å². The van der Waals surface area contributed by atoms with Crippen LogP contribution in [0.25, 0.3) is 11.4 Å². The number of nitrogens with one attached hydrogen (secondary N) is 1. The summed E-state index contributed by atoms with van der Waals surface area (Å²) in [6.07, 6.45) is 2.53. The Labute approximate surface area is 188 Å². The summed E-state index contributed by atoms with van der Waals surface area (Å²) >= 11 is 1.46. The fourth-order valence-electron chi connectivity index (χ4n) is 3.20. The Morgan fingerprint density at radius 2 is 1.94 bits per heavy atom. The molecule has 0 aliphatic carbocycles. The van der Waals surface area contributed by atoms with Crippen molar-refractivity contribution in [2.75, 3.05) is 0 Å². The molecule has 0 bridgehead atoms. The number of aromatic nitrogens is 3. The van der Waals surface area contributed by atoms with Crippen LogP contribution >= 0.6 is 11.8 Å². The van der Waals surface area contributed by atoms with Gasteiger partial charge in [-0.3, -0.25) is 9.36 Å². The van der Waals surface area contributed by atoms with Crippen LogP contribution in [0.15, 0.2) is 52.2 Å². The number of hydrogen-bond acceptors (Lipinski definition) is 5. The Kier molecular flexibility index (Phi) is 7.26. The predicted octanol–water partition coefficient (Wildman–Crippen LogP) is 5.32. The van der Waals surface area contributed by atoms with E-state index in [2.05, 4.69) is 49.3 Å². The monoisotopic (exact) mass is 440 g/mol. The number of furan rings is 1. The quantitative estimate of drug-likeness (QED) is 0.456. The molecule has 31 heavy (non-hydrogen) atoms. The van der Waals surface area contributed by atoms with Crippen LogP contribution in [0.3, 0.4) is 0 Å². The topological polar surface area (TPSA) is 73.0 Å². The molecule has 1 amide bonds. The summed E-state index contributed by atoms with van der Waals surface area (Å²) in [4.78, 5) is 13.1. The van der Waals surface area contributed by atoms with Gasteiger partial charge < -0.3 is 9.73 Å². The number of thioether (sulfide) groups is 1. The van der Waals surface area contributed by atoms with Crippen LogP contribution < -0.4 is 5.32 Å². The number of rotatable bonds is 9. The normalized spacial score (nSPS) is 12.9. The molecule has 0 aliphatic rings. The third-order valence-electron chi connectivity index (χ3n) is 5.44. The maximum Gasteiger partial charge on any atom is 0.234 e. The molecule has 3 rings (SSSR count). The van der Waals surface area contributed by atoms with Gasteiger partial charge in [-0.25, -0.2) is 0 Å². The first-order valence-electron chi connectivity index (χ1n) is 10.7. The van der Waals surface area contributed by atoms with Crippen LogP contribution in [-0.4, -0.2) is 31.5 Å². The lowest BCUT2D eigenvalue weighted by Crippen LogP contribution is -2.47. The smallest absolute Gasteiger partial charge is 0.234 e. The molecule has 0 aliphatic heterocycles. The van der Waals surface area contributed by atoms with Gasteiger partial charge in [-0.2, -0.15) is 0 Å². The third-order valence-corrected chi connectivity index (χ3v) is 6.96. The number of carbonyl (C=O) groups is 1. The second-order valence-electron chi connectivity index (χ2n) is 8.80. The Morgan fingerprint density at radius 1 is 1.19 bits per heavy atom. The molecule has 0 radical (unpaired) electrons. The van der Waals surface area contributed by atoms with Gasteiger partial charge in [-0.15, -0.1) is 10.2 Å². The molecule has 1 N–H and O–H groups in total. The molecule has 6 nitrogen and oxygen atoms in total. The van der Waals surface area contributed by atoms with Crippen LogP contribution in [0.1, 0.15) is 52.4 Å². The average Bonchev–Trinajstić information content (AvgIpc) is 3.36. The zero-order valence-corrected chi connectivity index (χ0v) is 20.0. The minimum absolute atomic E-state index is 0.0249. The highest BCUT2D eigenvalue weighted by atomic mass is 32.2. The van der Waals surface area contributed by atoms with E-state index in [1.54, 1.807) is 6.26 Å². The van der Waals surface area contributed by atoms with Crippen LogP contribution in [0.4, 0.5) is 0 Å². The lowest BCUT2D eigenvalue weighted by Gasteiger charge is -2.28. The number of hydrogen-bond donors (Lipinski definition) is 1. The van der Waals surface area contributed by atoms with Crippen LogP contribution in [0.5, 0.6) is 0 Å². The highest BCUT2D eigenvalue weighted by Crippen LogP contribution is 2.32. The molecule has 2 heterocycles. The third kappa shape index (κ3) is 5.58. The van der Waals surface area contributed by atoms with Crippen molar-refractivity contribution in [1.82, 2.24) is 20.1 Å². The first-order valence-corrected chi connectivity index (χ1v) is 11.6. The van der Waals surface area contributed by atoms with Crippen molar-refractivity contribution >= 4 is 17.7 Å². The molecule has 7 heteroatoms. The first kappa shape index (κ1) is 23.1. The van der Waals surface area contributed by atoms with Gasteiger partial charge in [0.15, 0.2) is 11.0 Å². The second-order valence-corrected chi connectivity index (χ2v) is 9.90. The van der Waals surface area contributed by atoms with Gasteiger partial charge in [0.2, 0.25) is 5.91 Å². The standard InChI is InChI=1S/C24H32N4O2S/c1-7-24(5,6)25-22(29)20(16(2)3)31-23-27-26-21(19-13-9-8-11-17(19)4)28(23)15-18-12-10-14-30-18/h8-14,16,20H,7,15H2,1-6H3,(H,25,29). The summed E-state index contributed by atoms with van der Waals surface area (Å²) in [5.41, 5.74) is 1.89. The Hall–Kier alpha value is -2.54. The van der Waals surface area contributed by atoms with Gasteiger partial charge in [-0.05, 0) is 50.8 Å². The Morgan fingerprint density at radius 3 is 2.55 bits per heavy atom. The molecule has 0 saturated carbocycles. The molecule has 0 saturated heterocycles. The van der Waals surface area contributed by atoms with Crippen molar-refractivity contribution in [2.45, 2.75) is 70.5 Å². The van der Waals surface area contributed by atoms with E-state index in [0.29, 0.717) is 11.7 Å². The highest BCUT2D eigenvalue weighted by molar-refractivity contribution is 8.00. The van der Waals surface area contributed by atoms with Gasteiger partial charge in [0.1, 0.15) is 5.76 Å². The van der Waals surface area contributed by atoms with E-state index in [0.717, 1.165) is 29.1 Å². The summed E-state index contributed by atoms with van der Waals surface area (Å²) in [5.74, 6) is 1.74. The van der Waals surface area contributed by atoms with Crippen LogP contribution in [0, 0.1) is 12.8 Å². The van der Waals surface area contributed by atoms with Gasteiger partial charge in [0.25, 0.3) is 0 Å². The van der Waals surface area contributed by atoms with E-state index in [1.165, 1.54) is 11.8 Å². The van der Waals surface area contributed by atoms with E-state index in [-0.39, 0.29) is 22.6 Å². The van der Waals surface area contributed by atoms with Crippen molar-refractivity contribution in [2.24, 2.45) is 5.92 Å². The molecule has 3 aromatic rings. The van der Waals surface area contributed by atoms with Crippen LogP contribution in [0.2, 0.25) is 0 Å². The van der Waals surface area contributed by atoms with Gasteiger partial charge in [0, 0.05) is 11.1 Å². The summed E-state index contributed by atoms with van der Waals surface area (Å²) in [7, 11) is 0. The van der Waals surface area contributed by atoms with Gasteiger partial charge in [0.05, 0.1) is 18.1 Å². The molecule has 0 fully saturated rings. The van der Waals surface area contributed by atoms with E-state index in [1.807, 2.05) is 48.7 Å². The molecule has 1 atom stereocenters. The van der Waals surface area contributed by atoms with Crippen LogP contribution in [-0.2, 0) is 11.3 Å². The summed E-state index contributed by atoms with van der Waals surface area (Å²) in [6.45, 7) is 12.8. The molecular weight excluding hydrogens is 408 g/mol. The molecule has 166 valence electrons. The Bertz CT molecular complexity index is 1010. The summed E-state index contributed by atoms with van der Waals surface area (Å²) in [6, 6.07) is 11.9. The molecule has 0 spiro atoms. The lowest BCUT2D eigenvalue weighted by atomic mass is 10.0. The number of benzene rings is 1. The van der Waals surface area contributed by atoms with E-state index < -0.39 is 0 Å². The minimum atomic E-state index is -0.282. The summed E-state index contributed by atoms with van der Waals surface area (Å²) < 4.78 is 7.64. The number of amides is 1. The zero-order valence-electron chi connectivity index (χ0n) is 19.2. The van der Waals surface area contributed by atoms with Crippen molar-refractivity contribution in [3.63, 3.8) is 0 Å². The first-order chi connectivity index (χ1) is 14.7. The van der Waals surface area contributed by atoms with E-state index in [4.69, 9.17) is 4.42 Å². The molecule has 1 unspecified atom stereocenters. The molecule has 1 aromatic carbocycles. The zero-order chi connectivity index (χ0) is 22.6. The second kappa shape index (κ2) is 9.73. The number of carbonyl (C=O) groups excluding carboxylic acids is 1. The Balaban J connectivity index is 1.97. The predicted molar refractivity (Wildman–Crippen MR) is 125 cm³/mol.